The Morgan fingerprint density at radius 2 is 1.26 bits per heavy atom. The van der Waals surface area contributed by atoms with Gasteiger partial charge in [-0.3, -0.25) is 0 Å². The minimum Gasteiger partial charge on any atom is -0.433 e. The second-order valence-electron chi connectivity index (χ2n) is 11.2. The van der Waals surface area contributed by atoms with Crippen LogP contribution in [0.25, 0.3) is 11.1 Å². The summed E-state index contributed by atoms with van der Waals surface area (Å²) in [5.41, 5.74) is 6.28. The first-order valence-electron chi connectivity index (χ1n) is 15.5. The number of aliphatic hydroxyl groups excluding tert-OH is 1. The lowest BCUT2D eigenvalue weighted by molar-refractivity contribution is -0.315. The molecule has 1 fully saturated rings. The number of carbonyl (C=O) groups excluding carboxylic acids is 1. The third-order valence-corrected chi connectivity index (χ3v) is 8.28. The van der Waals surface area contributed by atoms with Crippen LogP contribution in [0.1, 0.15) is 28.2 Å². The van der Waals surface area contributed by atoms with Gasteiger partial charge in [0.05, 0.1) is 26.4 Å². The van der Waals surface area contributed by atoms with Gasteiger partial charge in [0.2, 0.25) is 0 Å². The number of rotatable bonds is 13. The van der Waals surface area contributed by atoms with Crippen molar-refractivity contribution < 1.29 is 38.3 Å². The molecule has 4 aromatic carbocycles. The average molecular weight is 623 g/mol. The zero-order valence-electron chi connectivity index (χ0n) is 25.5. The highest BCUT2D eigenvalue weighted by Crippen LogP contribution is 2.44. The van der Waals surface area contributed by atoms with E-state index in [1.165, 1.54) is 0 Å². The Morgan fingerprint density at radius 3 is 1.83 bits per heavy atom. The summed E-state index contributed by atoms with van der Waals surface area (Å²) in [5, 5.41) is 10.4. The van der Waals surface area contributed by atoms with Crippen molar-refractivity contribution in [1.29, 1.82) is 0 Å². The molecule has 8 heteroatoms. The molecule has 0 saturated carbocycles. The number of hydrogen-bond donors (Lipinski definition) is 1. The van der Waals surface area contributed by atoms with Crippen molar-refractivity contribution in [3.63, 3.8) is 0 Å². The van der Waals surface area contributed by atoms with Gasteiger partial charge in [0.15, 0.2) is 12.4 Å². The fraction of sp³-hybridized carbons (Fsp3) is 0.289. The number of ether oxygens (including phenoxy) is 6. The van der Waals surface area contributed by atoms with E-state index in [0.29, 0.717) is 0 Å². The number of carbonyl (C=O) groups is 1. The van der Waals surface area contributed by atoms with Gasteiger partial charge in [-0.2, -0.15) is 0 Å². The van der Waals surface area contributed by atoms with Gasteiger partial charge in [0, 0.05) is 5.92 Å². The molecule has 238 valence electrons. The standard InChI is InChI=1S/C38H38O8/c1-2-21-41-37-36(46-38(40)44-25-32-30-19-11-9-17-28(30)29-18-10-12-20-31(29)32)35(43-24-27-15-7-4-8-16-27)34(33(22-39)45-37)42-23-26-13-5-3-6-14-26/h2-20,32-37,39H,1,21-25H2/t33-,34-,35+,36+,37+/m1/s1. The van der Waals surface area contributed by atoms with Crippen LogP contribution in [0.15, 0.2) is 122 Å². The molecule has 2 aliphatic rings. The zero-order valence-corrected chi connectivity index (χ0v) is 25.5. The second kappa shape index (κ2) is 15.3. The third kappa shape index (κ3) is 7.22. The Labute approximate surface area is 269 Å². The van der Waals surface area contributed by atoms with E-state index in [2.05, 4.69) is 30.8 Å². The quantitative estimate of drug-likeness (QED) is 0.135. The van der Waals surface area contributed by atoms with Gasteiger partial charge in [-0.1, -0.05) is 115 Å². The topological polar surface area (TPSA) is 92.7 Å². The van der Waals surface area contributed by atoms with Crippen molar-refractivity contribution in [2.45, 2.75) is 49.8 Å². The van der Waals surface area contributed by atoms with Gasteiger partial charge in [-0.25, -0.2) is 4.79 Å². The van der Waals surface area contributed by atoms with Crippen molar-refractivity contribution in [2.24, 2.45) is 0 Å². The lowest BCUT2D eigenvalue weighted by Gasteiger charge is -2.44. The summed E-state index contributed by atoms with van der Waals surface area (Å²) in [6.45, 7) is 4.01. The van der Waals surface area contributed by atoms with Crippen molar-refractivity contribution in [3.05, 3.63) is 144 Å². The van der Waals surface area contributed by atoms with Crippen LogP contribution in [0.4, 0.5) is 4.79 Å². The second-order valence-corrected chi connectivity index (χ2v) is 11.2. The number of aliphatic hydroxyl groups is 1. The molecule has 6 rings (SSSR count). The van der Waals surface area contributed by atoms with E-state index < -0.39 is 36.9 Å². The van der Waals surface area contributed by atoms with E-state index >= 15 is 0 Å². The summed E-state index contributed by atoms with van der Waals surface area (Å²) in [5.74, 6) is -0.138. The maximum Gasteiger partial charge on any atom is 0.508 e. The molecule has 4 aromatic rings. The van der Waals surface area contributed by atoms with Gasteiger partial charge < -0.3 is 33.5 Å². The predicted molar refractivity (Wildman–Crippen MR) is 172 cm³/mol. The van der Waals surface area contributed by atoms with Crippen LogP contribution in [0.2, 0.25) is 0 Å². The SMILES string of the molecule is C=CCO[C@H]1O[C@H](CO)[C@@H](OCc2ccccc2)[C@H](OCc2ccccc2)[C@@H]1OC(=O)OCC1c2ccccc2-c2ccccc21. The van der Waals surface area contributed by atoms with E-state index in [9.17, 15) is 9.90 Å². The van der Waals surface area contributed by atoms with Gasteiger partial charge in [-0.15, -0.1) is 6.58 Å². The van der Waals surface area contributed by atoms with Crippen molar-refractivity contribution in [1.82, 2.24) is 0 Å². The predicted octanol–water partition coefficient (Wildman–Crippen LogP) is 6.41. The molecule has 5 atom stereocenters. The summed E-state index contributed by atoms with van der Waals surface area (Å²) in [6.07, 6.45) is -3.97. The highest BCUT2D eigenvalue weighted by atomic mass is 16.8. The Bertz CT molecular complexity index is 1530. The molecule has 8 nitrogen and oxygen atoms in total. The minimum absolute atomic E-state index is 0.0847. The smallest absolute Gasteiger partial charge is 0.433 e. The maximum atomic E-state index is 13.4. The third-order valence-electron chi connectivity index (χ3n) is 8.28. The van der Waals surface area contributed by atoms with Gasteiger partial charge in [-0.05, 0) is 33.4 Å². The van der Waals surface area contributed by atoms with Gasteiger partial charge >= 0.3 is 6.16 Å². The Balaban J connectivity index is 1.23. The Hall–Kier alpha value is -4.31. The highest BCUT2D eigenvalue weighted by Gasteiger charge is 2.50. The van der Waals surface area contributed by atoms with E-state index in [0.717, 1.165) is 33.4 Å². The number of fused-ring (bicyclic) bond motifs is 3. The normalized spacial score (nSPS) is 22.1. The molecule has 1 N–H and O–H groups in total. The maximum absolute atomic E-state index is 13.4. The molecule has 0 amide bonds. The molecule has 0 bridgehead atoms. The fourth-order valence-corrected chi connectivity index (χ4v) is 6.11. The first kappa shape index (κ1) is 31.7. The molecule has 1 aliphatic carbocycles. The molecule has 0 unspecified atom stereocenters. The zero-order chi connectivity index (χ0) is 31.7. The summed E-state index contributed by atoms with van der Waals surface area (Å²) in [7, 11) is 0. The molecule has 0 spiro atoms. The van der Waals surface area contributed by atoms with E-state index in [4.69, 9.17) is 28.4 Å². The lowest BCUT2D eigenvalue weighted by atomic mass is 9.98. The van der Waals surface area contributed by atoms with Gasteiger partial charge in [0.1, 0.15) is 24.9 Å². The molecule has 1 aliphatic heterocycles. The van der Waals surface area contributed by atoms with Crippen LogP contribution in [0, 0.1) is 0 Å². The van der Waals surface area contributed by atoms with Gasteiger partial charge in [0.25, 0.3) is 0 Å². The van der Waals surface area contributed by atoms with Crippen LogP contribution < -0.4 is 0 Å². The van der Waals surface area contributed by atoms with Crippen molar-refractivity contribution >= 4 is 6.16 Å². The van der Waals surface area contributed by atoms with Crippen LogP contribution in [-0.2, 0) is 41.6 Å². The lowest BCUT2D eigenvalue weighted by Crippen LogP contribution is -2.62. The van der Waals surface area contributed by atoms with Crippen LogP contribution >= 0.6 is 0 Å². The largest absolute Gasteiger partial charge is 0.508 e. The van der Waals surface area contributed by atoms with E-state index in [1.54, 1.807) is 6.08 Å². The fourth-order valence-electron chi connectivity index (χ4n) is 6.11. The van der Waals surface area contributed by atoms with E-state index in [1.807, 2.05) is 84.9 Å². The molecule has 0 aromatic heterocycles. The van der Waals surface area contributed by atoms with Crippen LogP contribution in [0.5, 0.6) is 0 Å². The van der Waals surface area contributed by atoms with Crippen molar-refractivity contribution in [3.8, 4) is 11.1 Å². The van der Waals surface area contributed by atoms with Crippen molar-refractivity contribution in [2.75, 3.05) is 19.8 Å². The number of benzene rings is 4. The van der Waals surface area contributed by atoms with Crippen LogP contribution in [0.3, 0.4) is 0 Å². The highest BCUT2D eigenvalue weighted by molar-refractivity contribution is 5.79. The summed E-state index contributed by atoms with van der Waals surface area (Å²) in [6, 6.07) is 35.5. The summed E-state index contributed by atoms with van der Waals surface area (Å²) >= 11 is 0. The summed E-state index contributed by atoms with van der Waals surface area (Å²) < 4.78 is 36.6. The summed E-state index contributed by atoms with van der Waals surface area (Å²) in [4.78, 5) is 13.4. The van der Waals surface area contributed by atoms with E-state index in [-0.39, 0.29) is 39.0 Å². The molecule has 1 heterocycles. The Kier molecular flexibility index (Phi) is 10.5. The molecule has 46 heavy (non-hydrogen) atoms. The molecular weight excluding hydrogens is 584 g/mol. The number of hydrogen-bond acceptors (Lipinski definition) is 8. The minimum atomic E-state index is -1.08. The first-order valence-corrected chi connectivity index (χ1v) is 15.5. The van der Waals surface area contributed by atoms with Crippen LogP contribution in [-0.4, -0.2) is 61.8 Å². The first-order chi connectivity index (χ1) is 22.7. The molecular formula is C38H38O8. The monoisotopic (exact) mass is 622 g/mol. The molecule has 0 radical (unpaired) electrons. The Morgan fingerprint density at radius 1 is 0.717 bits per heavy atom. The average Bonchev–Trinajstić information content (AvgIpc) is 3.43. The molecule has 1 saturated heterocycles.